The Hall–Kier alpha value is -3.88. The summed E-state index contributed by atoms with van der Waals surface area (Å²) in [5.41, 5.74) is -3.67. The summed E-state index contributed by atoms with van der Waals surface area (Å²) in [6.45, 7) is 0. The van der Waals surface area contributed by atoms with E-state index in [4.69, 9.17) is 0 Å². The highest BCUT2D eigenvalue weighted by Crippen LogP contribution is 2.37. The van der Waals surface area contributed by atoms with Crippen molar-refractivity contribution in [2.75, 3.05) is 0 Å². The maximum atomic E-state index is 14.4. The molecule has 0 saturated heterocycles. The fourth-order valence-corrected chi connectivity index (χ4v) is 4.30. The number of H-pyrrole nitrogens is 1. The van der Waals surface area contributed by atoms with Crippen LogP contribution in [0.1, 0.15) is 11.3 Å². The van der Waals surface area contributed by atoms with Gasteiger partial charge in [-0.15, -0.1) is 11.3 Å². The predicted molar refractivity (Wildman–Crippen MR) is 114 cm³/mol. The Kier molecular flexibility index (Phi) is 5.82. The molecule has 3 aromatic heterocycles. The van der Waals surface area contributed by atoms with Gasteiger partial charge in [0.1, 0.15) is 22.6 Å². The van der Waals surface area contributed by atoms with E-state index < -0.39 is 46.1 Å². The molecule has 0 aliphatic heterocycles. The number of aromatic nitrogens is 5. The molecule has 9 nitrogen and oxygen atoms in total. The molecule has 3 heterocycles. The van der Waals surface area contributed by atoms with E-state index in [1.165, 1.54) is 31.2 Å². The van der Waals surface area contributed by atoms with Crippen LogP contribution in [0.3, 0.4) is 0 Å². The van der Waals surface area contributed by atoms with Crippen molar-refractivity contribution in [1.82, 2.24) is 23.9 Å². The molecule has 4 rings (SSSR count). The Morgan fingerprint density at radius 1 is 1.14 bits per heavy atom. The molecular formula is C20H15F5N6O3S. The fraction of sp³-hybridized carbons (Fsp3) is 0.250. The van der Waals surface area contributed by atoms with E-state index in [1.807, 2.05) is 0 Å². The lowest BCUT2D eigenvalue weighted by Gasteiger charge is -2.11. The smallest absolute Gasteiger partial charge is 0.330 e. The summed E-state index contributed by atoms with van der Waals surface area (Å²) in [4.78, 5) is 43.6. The lowest BCUT2D eigenvalue weighted by molar-refractivity contribution is -0.142. The molecule has 0 radical (unpaired) electrons. The third-order valence-corrected chi connectivity index (χ3v) is 6.07. The van der Waals surface area contributed by atoms with E-state index in [0.29, 0.717) is 6.07 Å². The van der Waals surface area contributed by atoms with Crippen LogP contribution in [-0.4, -0.2) is 29.8 Å². The first-order valence-corrected chi connectivity index (χ1v) is 10.6. The Bertz CT molecular complexity index is 1690. The molecule has 0 spiro atoms. The van der Waals surface area contributed by atoms with Gasteiger partial charge in [-0.1, -0.05) is 0 Å². The largest absolute Gasteiger partial charge is 0.422 e. The number of hydrogen-bond donors (Lipinski definition) is 1. The third kappa shape index (κ3) is 4.11. The molecular weight excluding hydrogens is 499 g/mol. The fourth-order valence-electron chi connectivity index (χ4n) is 3.56. The molecule has 0 aliphatic rings. The van der Waals surface area contributed by atoms with Gasteiger partial charge >= 0.3 is 11.9 Å². The molecule has 0 saturated carbocycles. The third-order valence-electron chi connectivity index (χ3n) is 5.30. The number of carbonyl (C=O) groups excluding carboxylic acids is 1. The monoisotopic (exact) mass is 514 g/mol. The van der Waals surface area contributed by atoms with E-state index in [1.54, 1.807) is 0 Å². The average Bonchev–Trinajstić information content (AvgIpc) is 3.34. The number of aromatic amines is 1. The highest BCUT2D eigenvalue weighted by Gasteiger charge is 2.39. The number of nitrogens with one attached hydrogen (secondary N) is 1. The van der Waals surface area contributed by atoms with Gasteiger partial charge in [-0.3, -0.25) is 23.4 Å². The van der Waals surface area contributed by atoms with Gasteiger partial charge in [-0.2, -0.15) is 23.3 Å². The second-order valence-corrected chi connectivity index (χ2v) is 8.38. The summed E-state index contributed by atoms with van der Waals surface area (Å²) in [6.07, 6.45) is -5.62. The topological polar surface area (TPSA) is 107 Å². The van der Waals surface area contributed by atoms with Crippen molar-refractivity contribution in [1.29, 1.82) is 0 Å². The summed E-state index contributed by atoms with van der Waals surface area (Å²) in [5, 5.41) is 5.42. The zero-order valence-electron chi connectivity index (χ0n) is 18.2. The van der Waals surface area contributed by atoms with Crippen LogP contribution in [0.15, 0.2) is 32.1 Å². The summed E-state index contributed by atoms with van der Waals surface area (Å²) in [5.74, 6) is -4.29. The molecule has 1 amide bonds. The van der Waals surface area contributed by atoms with Crippen LogP contribution >= 0.6 is 11.3 Å². The Morgan fingerprint density at radius 2 is 1.83 bits per heavy atom. The number of thiazole rings is 1. The van der Waals surface area contributed by atoms with Gasteiger partial charge in [0.05, 0.1) is 17.8 Å². The number of amides is 1. The number of alkyl halides is 3. The van der Waals surface area contributed by atoms with Gasteiger partial charge in [0.25, 0.3) is 11.5 Å². The van der Waals surface area contributed by atoms with Gasteiger partial charge in [0, 0.05) is 32.1 Å². The first kappa shape index (κ1) is 24.3. The number of aryl methyl sites for hydroxylation is 2. The maximum absolute atomic E-state index is 14.4. The normalized spacial score (nSPS) is 12.6. The maximum Gasteiger partial charge on any atom is 0.422 e. The Balaban J connectivity index is 1.71. The zero-order valence-corrected chi connectivity index (χ0v) is 19.0. The van der Waals surface area contributed by atoms with E-state index in [2.05, 4.69) is 15.1 Å². The van der Waals surface area contributed by atoms with Gasteiger partial charge in [-0.25, -0.2) is 13.6 Å². The zero-order chi connectivity index (χ0) is 25.8. The quantitative estimate of drug-likeness (QED) is 0.422. The van der Waals surface area contributed by atoms with Crippen molar-refractivity contribution in [3.05, 3.63) is 66.0 Å². The first-order valence-electron chi connectivity index (χ1n) is 9.73. The van der Waals surface area contributed by atoms with E-state index in [9.17, 15) is 36.3 Å². The molecule has 184 valence electrons. The lowest BCUT2D eigenvalue weighted by atomic mass is 10.1. The van der Waals surface area contributed by atoms with Crippen molar-refractivity contribution in [2.45, 2.75) is 12.6 Å². The number of carbonyl (C=O) groups is 1. The van der Waals surface area contributed by atoms with Gasteiger partial charge in [-0.05, 0) is 12.1 Å². The molecule has 0 bridgehead atoms. The average molecular weight is 514 g/mol. The molecule has 0 atom stereocenters. The summed E-state index contributed by atoms with van der Waals surface area (Å²) < 4.78 is 70.3. The second-order valence-electron chi connectivity index (χ2n) is 7.52. The van der Waals surface area contributed by atoms with Gasteiger partial charge < -0.3 is 4.98 Å². The number of benzene rings is 1. The van der Waals surface area contributed by atoms with Crippen molar-refractivity contribution in [3.63, 3.8) is 0 Å². The minimum Gasteiger partial charge on any atom is -0.330 e. The van der Waals surface area contributed by atoms with Crippen molar-refractivity contribution >= 4 is 28.3 Å². The van der Waals surface area contributed by atoms with E-state index >= 15 is 0 Å². The summed E-state index contributed by atoms with van der Waals surface area (Å²) in [7, 11) is 4.19. The summed E-state index contributed by atoms with van der Waals surface area (Å²) >= 11 is 0.811. The van der Waals surface area contributed by atoms with Crippen LogP contribution in [0.4, 0.5) is 22.0 Å². The Labute approximate surface area is 195 Å². The van der Waals surface area contributed by atoms with Crippen molar-refractivity contribution < 1.29 is 26.7 Å². The van der Waals surface area contributed by atoms with Crippen LogP contribution in [0.25, 0.3) is 22.3 Å². The van der Waals surface area contributed by atoms with E-state index in [0.717, 1.165) is 26.5 Å². The second kappa shape index (κ2) is 8.41. The van der Waals surface area contributed by atoms with Gasteiger partial charge in [0.15, 0.2) is 10.4 Å². The van der Waals surface area contributed by atoms with E-state index in [-0.39, 0.29) is 33.6 Å². The molecule has 1 N–H and O–H groups in total. The predicted octanol–water partition coefficient (Wildman–Crippen LogP) is 1.99. The number of nitrogens with zero attached hydrogens (tertiary/aromatic N) is 5. The highest BCUT2D eigenvalue weighted by atomic mass is 32.1. The molecule has 35 heavy (non-hydrogen) atoms. The molecule has 0 fully saturated rings. The first-order chi connectivity index (χ1) is 16.3. The molecule has 0 aliphatic carbocycles. The number of halogens is 5. The summed E-state index contributed by atoms with van der Waals surface area (Å²) in [6, 6.07) is 1.34. The molecule has 4 aromatic rings. The lowest BCUT2D eigenvalue weighted by Crippen LogP contribution is -2.37. The van der Waals surface area contributed by atoms with Crippen molar-refractivity contribution in [3.8, 4) is 11.3 Å². The number of hydrogen-bond acceptors (Lipinski definition) is 5. The minimum absolute atomic E-state index is 0.0598. The van der Waals surface area contributed by atoms with Crippen LogP contribution in [0.2, 0.25) is 0 Å². The number of rotatable bonds is 3. The number of fused-ring (bicyclic) bond motifs is 1. The van der Waals surface area contributed by atoms with Crippen LogP contribution in [0.5, 0.6) is 0 Å². The molecule has 0 unspecified atom stereocenters. The minimum atomic E-state index is -5.24. The highest BCUT2D eigenvalue weighted by molar-refractivity contribution is 7.07. The SMILES string of the molecule is Cn1nc2c(c1CC(=O)N=c1[nH]c(-c3ccc(F)c(C(F)(F)F)c3F)cs1)c(=O)n(C)c(=O)n2C. The van der Waals surface area contributed by atoms with Crippen LogP contribution in [0, 0.1) is 11.6 Å². The molecule has 15 heteroatoms. The standard InChI is InChI=1S/C20H15F5N6O3S/c1-29-16-13(17(33)30(2)19(29)34)11(31(3)28-16)6-12(32)27-18-26-10(7-35-18)8-4-5-9(21)14(15(8)22)20(23,24)25/h4-5,7H,6H2,1-3H3,(H,26,27,32). The van der Waals surface area contributed by atoms with Crippen LogP contribution < -0.4 is 16.1 Å². The van der Waals surface area contributed by atoms with Gasteiger partial charge in [0.2, 0.25) is 0 Å². The Morgan fingerprint density at radius 3 is 2.49 bits per heavy atom. The van der Waals surface area contributed by atoms with Crippen LogP contribution in [-0.2, 0) is 38.5 Å². The molecule has 1 aromatic carbocycles. The van der Waals surface area contributed by atoms with Crippen molar-refractivity contribution in [2.24, 2.45) is 26.1 Å².